The molecule has 0 aromatic heterocycles. The minimum Gasteiger partial charge on any atom is -0.322 e. The highest BCUT2D eigenvalue weighted by molar-refractivity contribution is 9.10. The quantitative estimate of drug-likeness (QED) is 0.627. The number of nitrogens with two attached hydrogens (primary N) is 1. The van der Waals surface area contributed by atoms with E-state index in [9.17, 15) is 13.2 Å². The van der Waals surface area contributed by atoms with E-state index in [0.717, 1.165) is 29.3 Å². The number of hydrogen-bond acceptors (Lipinski definition) is 3. The van der Waals surface area contributed by atoms with Crippen LogP contribution in [0.2, 0.25) is 0 Å². The molecule has 0 fully saturated rings. The third kappa shape index (κ3) is 5.40. The van der Waals surface area contributed by atoms with Gasteiger partial charge in [-0.2, -0.15) is 0 Å². The van der Waals surface area contributed by atoms with Crippen LogP contribution >= 0.6 is 15.9 Å². The number of primary sulfonamides is 1. The van der Waals surface area contributed by atoms with Crippen LogP contribution in [0.15, 0.2) is 45.8 Å². The summed E-state index contributed by atoms with van der Waals surface area (Å²) in [6.07, 6.45) is 4.36. The molecule has 5 nitrogen and oxygen atoms in total. The molecule has 2 aromatic carbocycles. The largest absolute Gasteiger partial charge is 0.322 e. The second-order valence-electron chi connectivity index (χ2n) is 6.24. The zero-order valence-corrected chi connectivity index (χ0v) is 17.3. The molecule has 1 amide bonds. The van der Waals surface area contributed by atoms with E-state index in [4.69, 9.17) is 5.14 Å². The predicted molar refractivity (Wildman–Crippen MR) is 108 cm³/mol. The summed E-state index contributed by atoms with van der Waals surface area (Å²) in [5, 5.41) is 8.02. The fourth-order valence-electron chi connectivity index (χ4n) is 2.72. The Morgan fingerprint density at radius 2 is 1.88 bits per heavy atom. The molecule has 0 aliphatic carbocycles. The molecule has 0 unspecified atom stereocenters. The van der Waals surface area contributed by atoms with E-state index in [1.165, 1.54) is 24.6 Å². The number of benzene rings is 2. The molecule has 26 heavy (non-hydrogen) atoms. The first-order valence-electron chi connectivity index (χ1n) is 8.45. The van der Waals surface area contributed by atoms with Gasteiger partial charge < -0.3 is 5.32 Å². The number of sulfonamides is 1. The molecule has 7 heteroatoms. The van der Waals surface area contributed by atoms with Crippen LogP contribution in [-0.2, 0) is 16.4 Å². The Labute approximate surface area is 163 Å². The first-order chi connectivity index (χ1) is 12.2. The standard InChI is InChI=1S/C19H23BrN2O3S/c1-3-4-5-6-14-12-16(8-9-17(14)20)22-19(23)15-7-10-18(13(2)11-15)26(21,24)25/h7-12H,3-6H2,1-2H3,(H,22,23)(H2,21,24,25). The lowest BCUT2D eigenvalue weighted by Crippen LogP contribution is -2.16. The van der Waals surface area contributed by atoms with Gasteiger partial charge >= 0.3 is 0 Å². The van der Waals surface area contributed by atoms with E-state index in [0.29, 0.717) is 16.8 Å². The smallest absolute Gasteiger partial charge is 0.255 e. The maximum absolute atomic E-state index is 12.5. The lowest BCUT2D eigenvalue weighted by atomic mass is 10.1. The van der Waals surface area contributed by atoms with Crippen molar-refractivity contribution >= 4 is 37.5 Å². The van der Waals surface area contributed by atoms with Crippen LogP contribution in [0.4, 0.5) is 5.69 Å². The van der Waals surface area contributed by atoms with Gasteiger partial charge in [0.1, 0.15) is 0 Å². The second kappa shape index (κ2) is 8.79. The molecule has 0 aliphatic rings. The van der Waals surface area contributed by atoms with Crippen molar-refractivity contribution in [2.75, 3.05) is 5.32 Å². The van der Waals surface area contributed by atoms with Crippen molar-refractivity contribution in [1.82, 2.24) is 0 Å². The fourth-order valence-corrected chi connectivity index (χ4v) is 3.93. The summed E-state index contributed by atoms with van der Waals surface area (Å²) >= 11 is 3.55. The van der Waals surface area contributed by atoms with Gasteiger partial charge in [0.2, 0.25) is 10.0 Å². The molecule has 0 saturated heterocycles. The van der Waals surface area contributed by atoms with Gasteiger partial charge in [-0.15, -0.1) is 0 Å². The Hall–Kier alpha value is -1.70. The highest BCUT2D eigenvalue weighted by Crippen LogP contribution is 2.24. The van der Waals surface area contributed by atoms with Crippen LogP contribution in [0.3, 0.4) is 0 Å². The monoisotopic (exact) mass is 438 g/mol. The topological polar surface area (TPSA) is 89.3 Å². The molecule has 0 heterocycles. The number of amides is 1. The molecule has 140 valence electrons. The average Bonchev–Trinajstić information content (AvgIpc) is 2.56. The number of halogens is 1. The Morgan fingerprint density at radius 1 is 1.15 bits per heavy atom. The Balaban J connectivity index is 2.17. The first kappa shape index (κ1) is 20.6. The summed E-state index contributed by atoms with van der Waals surface area (Å²) in [6, 6.07) is 10.1. The Bertz CT molecular complexity index is 911. The lowest BCUT2D eigenvalue weighted by Gasteiger charge is -2.11. The molecule has 0 bridgehead atoms. The van der Waals surface area contributed by atoms with Gasteiger partial charge in [-0.05, 0) is 67.3 Å². The maximum Gasteiger partial charge on any atom is 0.255 e. The van der Waals surface area contributed by atoms with Crippen LogP contribution in [0.5, 0.6) is 0 Å². The number of unbranched alkanes of at least 4 members (excludes halogenated alkanes) is 2. The van der Waals surface area contributed by atoms with Crippen molar-refractivity contribution in [3.8, 4) is 0 Å². The van der Waals surface area contributed by atoms with E-state index in [1.807, 2.05) is 18.2 Å². The van der Waals surface area contributed by atoms with Gasteiger partial charge in [-0.1, -0.05) is 35.7 Å². The first-order valence-corrected chi connectivity index (χ1v) is 10.8. The summed E-state index contributed by atoms with van der Waals surface area (Å²) in [7, 11) is -3.79. The van der Waals surface area contributed by atoms with Crippen LogP contribution in [-0.4, -0.2) is 14.3 Å². The fraction of sp³-hybridized carbons (Fsp3) is 0.316. The number of rotatable bonds is 7. The minimum absolute atomic E-state index is 0.0240. The van der Waals surface area contributed by atoms with Crippen molar-refractivity contribution in [2.24, 2.45) is 5.14 Å². The predicted octanol–water partition coefficient (Wildman–Crippen LogP) is 4.39. The van der Waals surface area contributed by atoms with Crippen molar-refractivity contribution < 1.29 is 13.2 Å². The summed E-state index contributed by atoms with van der Waals surface area (Å²) in [5.74, 6) is -0.295. The molecule has 0 atom stereocenters. The third-order valence-corrected chi connectivity index (χ3v) is 5.94. The number of aryl methyl sites for hydroxylation is 2. The summed E-state index contributed by atoms with van der Waals surface area (Å²) in [6.45, 7) is 3.77. The molecule has 0 aliphatic heterocycles. The summed E-state index contributed by atoms with van der Waals surface area (Å²) in [4.78, 5) is 12.5. The Morgan fingerprint density at radius 3 is 2.50 bits per heavy atom. The zero-order chi connectivity index (χ0) is 19.3. The van der Waals surface area contributed by atoms with Gasteiger partial charge in [0.25, 0.3) is 5.91 Å². The van der Waals surface area contributed by atoms with Crippen LogP contribution in [0.1, 0.15) is 47.7 Å². The highest BCUT2D eigenvalue weighted by atomic mass is 79.9. The van der Waals surface area contributed by atoms with Crippen molar-refractivity contribution in [3.63, 3.8) is 0 Å². The maximum atomic E-state index is 12.5. The van der Waals surface area contributed by atoms with E-state index in [2.05, 4.69) is 28.2 Å². The average molecular weight is 439 g/mol. The normalized spacial score (nSPS) is 11.4. The molecule has 2 aromatic rings. The zero-order valence-electron chi connectivity index (χ0n) is 14.9. The highest BCUT2D eigenvalue weighted by Gasteiger charge is 2.14. The molecular formula is C19H23BrN2O3S. The SMILES string of the molecule is CCCCCc1cc(NC(=O)c2ccc(S(N)(=O)=O)c(C)c2)ccc1Br. The van der Waals surface area contributed by atoms with Gasteiger partial charge in [-0.25, -0.2) is 13.6 Å². The van der Waals surface area contributed by atoms with Crippen LogP contribution in [0.25, 0.3) is 0 Å². The molecular weight excluding hydrogens is 416 g/mol. The van der Waals surface area contributed by atoms with Gasteiger partial charge in [0.15, 0.2) is 0 Å². The number of hydrogen-bond donors (Lipinski definition) is 2. The Kier molecular flexibility index (Phi) is 6.97. The number of nitrogens with one attached hydrogen (secondary N) is 1. The van der Waals surface area contributed by atoms with Crippen LogP contribution in [0, 0.1) is 6.92 Å². The van der Waals surface area contributed by atoms with Gasteiger partial charge in [0, 0.05) is 15.7 Å². The van der Waals surface area contributed by atoms with E-state index >= 15 is 0 Å². The van der Waals surface area contributed by atoms with E-state index in [-0.39, 0.29) is 10.8 Å². The van der Waals surface area contributed by atoms with E-state index < -0.39 is 10.0 Å². The molecule has 0 saturated carbocycles. The number of carbonyl (C=O) groups is 1. The van der Waals surface area contributed by atoms with Gasteiger partial charge in [-0.3, -0.25) is 4.79 Å². The number of anilines is 1. The summed E-state index contributed by atoms with van der Waals surface area (Å²) in [5.41, 5.74) is 2.68. The molecule has 3 N–H and O–H groups in total. The molecule has 0 radical (unpaired) electrons. The van der Waals surface area contributed by atoms with Crippen LogP contribution < -0.4 is 10.5 Å². The molecule has 2 rings (SSSR count). The third-order valence-electron chi connectivity index (χ3n) is 4.10. The van der Waals surface area contributed by atoms with Gasteiger partial charge in [0.05, 0.1) is 4.90 Å². The van der Waals surface area contributed by atoms with E-state index in [1.54, 1.807) is 6.92 Å². The second-order valence-corrected chi connectivity index (χ2v) is 8.63. The minimum atomic E-state index is -3.79. The van der Waals surface area contributed by atoms with Crippen molar-refractivity contribution in [1.29, 1.82) is 0 Å². The summed E-state index contributed by atoms with van der Waals surface area (Å²) < 4.78 is 24.0. The van der Waals surface area contributed by atoms with Crippen molar-refractivity contribution in [3.05, 3.63) is 57.6 Å². The molecule has 0 spiro atoms. The van der Waals surface area contributed by atoms with Crippen molar-refractivity contribution in [2.45, 2.75) is 44.4 Å². The number of carbonyl (C=O) groups excluding carboxylic acids is 1. The lowest BCUT2D eigenvalue weighted by molar-refractivity contribution is 0.102.